The highest BCUT2D eigenvalue weighted by atomic mass is 19.4. The van der Waals surface area contributed by atoms with Crippen LogP contribution in [0.25, 0.3) is 0 Å². The Kier molecular flexibility index (Phi) is 4.51. The van der Waals surface area contributed by atoms with Crippen molar-refractivity contribution in [3.63, 3.8) is 0 Å². The second kappa shape index (κ2) is 6.15. The molecule has 0 radical (unpaired) electrons. The number of alkyl halides is 3. The largest absolute Gasteiger partial charge is 0.405 e. The number of amides is 2. The molecule has 1 fully saturated rings. The first kappa shape index (κ1) is 14.7. The van der Waals surface area contributed by atoms with Crippen LogP contribution in [0.5, 0.6) is 0 Å². The Labute approximate surface area is 114 Å². The Balaban J connectivity index is 1.90. The first-order chi connectivity index (χ1) is 9.46. The minimum absolute atomic E-state index is 0.00427. The van der Waals surface area contributed by atoms with E-state index in [4.69, 9.17) is 0 Å². The highest BCUT2D eigenvalue weighted by Gasteiger charge is 2.30. The molecule has 112 valence electrons. The predicted molar refractivity (Wildman–Crippen MR) is 66.1 cm³/mol. The Morgan fingerprint density at radius 3 is 2.75 bits per heavy atom. The van der Waals surface area contributed by atoms with Crippen molar-refractivity contribution in [2.75, 3.05) is 6.54 Å². The average Bonchev–Trinajstić information content (AvgIpc) is 2.90. The Morgan fingerprint density at radius 2 is 2.10 bits per heavy atom. The normalized spacial score (nSPS) is 23.4. The molecule has 0 aromatic carbocycles. The summed E-state index contributed by atoms with van der Waals surface area (Å²) >= 11 is 0. The molecular formula is C12H17F3N4O. The van der Waals surface area contributed by atoms with Crippen molar-refractivity contribution in [2.45, 2.75) is 43.9 Å². The van der Waals surface area contributed by atoms with Crippen LogP contribution < -0.4 is 10.6 Å². The topological polar surface area (TPSA) is 59.0 Å². The Morgan fingerprint density at radius 1 is 1.35 bits per heavy atom. The van der Waals surface area contributed by atoms with Crippen LogP contribution in [-0.4, -0.2) is 34.6 Å². The molecule has 20 heavy (non-hydrogen) atoms. The second-order valence-electron chi connectivity index (χ2n) is 4.89. The van der Waals surface area contributed by atoms with Gasteiger partial charge >= 0.3 is 12.2 Å². The van der Waals surface area contributed by atoms with Gasteiger partial charge in [-0.1, -0.05) is 12.8 Å². The molecule has 1 heterocycles. The minimum Gasteiger partial charge on any atom is -0.333 e. The Bertz CT molecular complexity index is 432. The third-order valence-corrected chi connectivity index (χ3v) is 3.36. The summed E-state index contributed by atoms with van der Waals surface area (Å²) < 4.78 is 37.9. The van der Waals surface area contributed by atoms with Gasteiger partial charge in [-0.15, -0.1) is 0 Å². The zero-order valence-electron chi connectivity index (χ0n) is 10.9. The number of carbonyl (C=O) groups is 1. The number of rotatable bonds is 3. The van der Waals surface area contributed by atoms with E-state index in [1.54, 1.807) is 23.1 Å². The summed E-state index contributed by atoms with van der Waals surface area (Å²) in [6, 6.07) is 0.800. The molecule has 8 heteroatoms. The fraction of sp³-hybridized carbons (Fsp3) is 0.667. The van der Waals surface area contributed by atoms with Crippen LogP contribution in [-0.2, 0) is 0 Å². The molecule has 0 saturated heterocycles. The van der Waals surface area contributed by atoms with E-state index in [1.807, 2.05) is 5.32 Å². The summed E-state index contributed by atoms with van der Waals surface area (Å²) in [5, 5.41) is 8.60. The molecule has 2 atom stereocenters. The average molecular weight is 290 g/mol. The summed E-state index contributed by atoms with van der Waals surface area (Å²) in [4.78, 5) is 11.5. The van der Waals surface area contributed by atoms with E-state index in [9.17, 15) is 18.0 Å². The summed E-state index contributed by atoms with van der Waals surface area (Å²) in [6.45, 7) is -1.32. The lowest BCUT2D eigenvalue weighted by molar-refractivity contribution is -0.122. The molecule has 2 rings (SSSR count). The third-order valence-electron chi connectivity index (χ3n) is 3.36. The van der Waals surface area contributed by atoms with Crippen LogP contribution in [0.3, 0.4) is 0 Å². The molecule has 2 unspecified atom stereocenters. The number of urea groups is 1. The first-order valence-electron chi connectivity index (χ1n) is 6.56. The maximum atomic E-state index is 12.0. The van der Waals surface area contributed by atoms with Gasteiger partial charge in [0.2, 0.25) is 0 Å². The molecule has 5 nitrogen and oxygen atoms in total. The van der Waals surface area contributed by atoms with Gasteiger partial charge in [0.1, 0.15) is 6.54 Å². The van der Waals surface area contributed by atoms with Crippen molar-refractivity contribution in [1.29, 1.82) is 0 Å². The number of nitrogens with one attached hydrogen (secondary N) is 2. The van der Waals surface area contributed by atoms with E-state index in [0.29, 0.717) is 0 Å². The lowest BCUT2D eigenvalue weighted by Gasteiger charge is -2.32. The van der Waals surface area contributed by atoms with Crippen LogP contribution >= 0.6 is 0 Å². The highest BCUT2D eigenvalue weighted by Crippen LogP contribution is 2.28. The van der Waals surface area contributed by atoms with Gasteiger partial charge in [-0.05, 0) is 18.9 Å². The fourth-order valence-electron chi connectivity index (χ4n) is 2.47. The monoisotopic (exact) mass is 290 g/mol. The zero-order chi connectivity index (χ0) is 14.6. The van der Waals surface area contributed by atoms with E-state index < -0.39 is 18.8 Å². The molecule has 1 aromatic rings. The summed E-state index contributed by atoms with van der Waals surface area (Å²) in [5.74, 6) is 0. The van der Waals surface area contributed by atoms with Gasteiger partial charge < -0.3 is 10.6 Å². The molecule has 1 saturated carbocycles. The first-order valence-corrected chi connectivity index (χ1v) is 6.56. The van der Waals surface area contributed by atoms with E-state index in [2.05, 4.69) is 10.4 Å². The van der Waals surface area contributed by atoms with E-state index >= 15 is 0 Å². The van der Waals surface area contributed by atoms with Crippen molar-refractivity contribution in [1.82, 2.24) is 20.4 Å². The number of nitrogens with zero attached hydrogens (tertiary/aromatic N) is 2. The minimum atomic E-state index is -4.40. The second-order valence-corrected chi connectivity index (χ2v) is 4.89. The molecule has 1 aliphatic rings. The van der Waals surface area contributed by atoms with Gasteiger partial charge in [0.15, 0.2) is 0 Å². The summed E-state index contributed by atoms with van der Waals surface area (Å²) in [5.41, 5.74) is 0. The third kappa shape index (κ3) is 4.14. The van der Waals surface area contributed by atoms with Crippen LogP contribution in [0.15, 0.2) is 18.5 Å². The standard InChI is InChI=1S/C12H17F3N4O/c13-12(14,15)8-16-11(20)18-9-4-1-2-5-10(9)19-7-3-6-17-19/h3,6-7,9-10H,1-2,4-5,8H2,(H2,16,18,20). The quantitative estimate of drug-likeness (QED) is 0.897. The van der Waals surface area contributed by atoms with Gasteiger partial charge in [-0.3, -0.25) is 4.68 Å². The van der Waals surface area contributed by atoms with Crippen LogP contribution in [0.4, 0.5) is 18.0 Å². The van der Waals surface area contributed by atoms with Crippen LogP contribution in [0, 0.1) is 0 Å². The molecule has 1 aromatic heterocycles. The summed E-state index contributed by atoms with van der Waals surface area (Å²) in [6.07, 6.45) is 2.61. The molecule has 0 aliphatic heterocycles. The van der Waals surface area contributed by atoms with Crippen LogP contribution in [0.1, 0.15) is 31.7 Å². The number of carbonyl (C=O) groups excluding carboxylic acids is 1. The van der Waals surface area contributed by atoms with Crippen LogP contribution in [0.2, 0.25) is 0 Å². The van der Waals surface area contributed by atoms with Gasteiger partial charge in [-0.25, -0.2) is 4.79 Å². The van der Waals surface area contributed by atoms with Gasteiger partial charge in [0.25, 0.3) is 0 Å². The Hall–Kier alpha value is -1.73. The smallest absolute Gasteiger partial charge is 0.333 e. The van der Waals surface area contributed by atoms with Gasteiger partial charge in [0, 0.05) is 12.4 Å². The maximum Gasteiger partial charge on any atom is 0.405 e. The van der Waals surface area contributed by atoms with Crippen molar-refractivity contribution < 1.29 is 18.0 Å². The molecule has 0 bridgehead atoms. The van der Waals surface area contributed by atoms with Gasteiger partial charge in [-0.2, -0.15) is 18.3 Å². The van der Waals surface area contributed by atoms with Crippen molar-refractivity contribution in [2.24, 2.45) is 0 Å². The van der Waals surface area contributed by atoms with Crippen molar-refractivity contribution >= 4 is 6.03 Å². The van der Waals surface area contributed by atoms with Crippen molar-refractivity contribution in [3.05, 3.63) is 18.5 Å². The maximum absolute atomic E-state index is 12.0. The van der Waals surface area contributed by atoms with E-state index in [0.717, 1.165) is 25.7 Å². The van der Waals surface area contributed by atoms with E-state index in [1.165, 1.54) is 0 Å². The number of hydrogen-bond acceptors (Lipinski definition) is 2. The SMILES string of the molecule is O=C(NCC(F)(F)F)NC1CCCCC1n1cccn1. The molecule has 1 aliphatic carbocycles. The molecule has 2 N–H and O–H groups in total. The lowest BCUT2D eigenvalue weighted by atomic mass is 9.90. The number of hydrogen-bond donors (Lipinski definition) is 2. The molecule has 0 spiro atoms. The lowest BCUT2D eigenvalue weighted by Crippen LogP contribution is -2.49. The highest BCUT2D eigenvalue weighted by molar-refractivity contribution is 5.74. The number of aromatic nitrogens is 2. The number of halogens is 3. The molecule has 2 amide bonds. The molecular weight excluding hydrogens is 273 g/mol. The van der Waals surface area contributed by atoms with E-state index in [-0.39, 0.29) is 12.1 Å². The predicted octanol–water partition coefficient (Wildman–Crippen LogP) is 2.23. The summed E-state index contributed by atoms with van der Waals surface area (Å²) in [7, 11) is 0. The van der Waals surface area contributed by atoms with Crippen molar-refractivity contribution in [3.8, 4) is 0 Å². The zero-order valence-corrected chi connectivity index (χ0v) is 10.9. The fourth-order valence-corrected chi connectivity index (χ4v) is 2.47. The van der Waals surface area contributed by atoms with Gasteiger partial charge in [0.05, 0.1) is 12.1 Å².